The third kappa shape index (κ3) is 6.61. The molecule has 0 aromatic heterocycles. The number of benzene rings is 2. The number of hydrogen-bond donors (Lipinski definition) is 3. The normalized spacial score (nSPS) is 19.0. The molecular formula is C19H20F3N2O4P. The number of hydrogen-bond acceptors (Lipinski definition) is 5. The Balaban J connectivity index is 0.000000313. The third-order valence-electron chi connectivity index (χ3n) is 4.30. The van der Waals surface area contributed by atoms with Gasteiger partial charge in [-0.25, -0.2) is 13.2 Å². The second-order valence-corrected chi connectivity index (χ2v) is 7.58. The van der Waals surface area contributed by atoms with Crippen molar-refractivity contribution in [2.75, 3.05) is 18.4 Å². The minimum atomic E-state index is -2.86. The second kappa shape index (κ2) is 10.5. The van der Waals surface area contributed by atoms with Crippen LogP contribution in [0.2, 0.25) is 0 Å². The number of anilines is 1. The Kier molecular flexibility index (Phi) is 8.28. The summed E-state index contributed by atoms with van der Waals surface area (Å²) in [6.45, 7) is 4.02. The summed E-state index contributed by atoms with van der Waals surface area (Å²) in [6, 6.07) is 6.31. The number of aliphatic hydroxyl groups excluding tert-OH is 1. The Morgan fingerprint density at radius 2 is 1.90 bits per heavy atom. The van der Waals surface area contributed by atoms with Crippen molar-refractivity contribution in [3.05, 3.63) is 59.4 Å². The van der Waals surface area contributed by atoms with Crippen LogP contribution < -0.4 is 20.8 Å². The highest BCUT2D eigenvalue weighted by Gasteiger charge is 2.17. The summed E-state index contributed by atoms with van der Waals surface area (Å²) in [6.07, 6.45) is 0.859. The number of carbonyl (C=O) groups excluding carboxylic acids is 1. The van der Waals surface area contributed by atoms with Crippen LogP contribution in [0.15, 0.2) is 36.4 Å². The lowest BCUT2D eigenvalue weighted by Crippen LogP contribution is -2.38. The average Bonchev–Trinajstić information content (AvgIpc) is 2.69. The minimum absolute atomic E-state index is 0.0168. The summed E-state index contributed by atoms with van der Waals surface area (Å²) in [5.41, 5.74) is -0.301. The van der Waals surface area contributed by atoms with Gasteiger partial charge in [-0.15, -0.1) is 0 Å². The van der Waals surface area contributed by atoms with Crippen LogP contribution in [0.1, 0.15) is 23.7 Å². The van der Waals surface area contributed by atoms with Gasteiger partial charge in [0.05, 0.1) is 6.10 Å². The molecule has 3 unspecified atom stereocenters. The van der Waals surface area contributed by atoms with Crippen molar-refractivity contribution in [2.45, 2.75) is 19.4 Å². The molecule has 1 heterocycles. The van der Waals surface area contributed by atoms with Gasteiger partial charge in [0.25, 0.3) is 5.91 Å². The number of rotatable bonds is 3. The SMILES string of the molecule is CC1CNCCC1O.O=C(Nc1cc(F)c(F)c(F)c1)c1cccc([P+](=O)[O-])c1. The van der Waals surface area contributed by atoms with E-state index < -0.39 is 31.4 Å². The van der Waals surface area contributed by atoms with E-state index in [9.17, 15) is 27.4 Å². The van der Waals surface area contributed by atoms with Crippen molar-refractivity contribution in [1.82, 2.24) is 5.32 Å². The van der Waals surface area contributed by atoms with Crippen LogP contribution in [-0.4, -0.2) is 30.2 Å². The molecule has 3 rings (SSSR count). The van der Waals surface area contributed by atoms with Crippen molar-refractivity contribution in [3.63, 3.8) is 0 Å². The molecule has 0 saturated carbocycles. The standard InChI is InChI=1S/C13H7F3NO3P.C6H13NO/c14-10-5-8(6-11(15)12(10)16)17-13(18)7-2-1-3-9(4-7)21(19)20;1-5-4-7-3-2-6(5)8/h1-6H,(H,17,18);5-8H,2-4H2,1H3. The van der Waals surface area contributed by atoms with Crippen molar-refractivity contribution in [1.29, 1.82) is 0 Å². The Morgan fingerprint density at radius 3 is 2.41 bits per heavy atom. The van der Waals surface area contributed by atoms with Gasteiger partial charge in [0, 0.05) is 36.0 Å². The van der Waals surface area contributed by atoms with Gasteiger partial charge in [0.1, 0.15) is 0 Å². The maximum atomic E-state index is 13.0. The molecule has 0 radical (unpaired) electrons. The van der Waals surface area contributed by atoms with E-state index in [1.807, 2.05) is 0 Å². The Bertz CT molecular complexity index is 865. The first-order valence-electron chi connectivity index (χ1n) is 8.78. The fourth-order valence-electron chi connectivity index (χ4n) is 2.59. The molecule has 2 aromatic carbocycles. The molecule has 10 heteroatoms. The topological polar surface area (TPSA) is 101 Å². The Labute approximate surface area is 166 Å². The zero-order valence-corrected chi connectivity index (χ0v) is 16.4. The molecule has 3 N–H and O–H groups in total. The monoisotopic (exact) mass is 428 g/mol. The second-order valence-electron chi connectivity index (χ2n) is 6.55. The molecule has 1 amide bonds. The summed E-state index contributed by atoms with van der Waals surface area (Å²) in [5, 5.41) is 14.4. The molecule has 3 atom stereocenters. The first-order chi connectivity index (χ1) is 13.7. The lowest BCUT2D eigenvalue weighted by atomic mass is 9.99. The number of aliphatic hydroxyl groups is 1. The van der Waals surface area contributed by atoms with Crippen LogP contribution in [0.25, 0.3) is 0 Å². The summed E-state index contributed by atoms with van der Waals surface area (Å²) in [5.74, 6) is -4.86. The van der Waals surface area contributed by atoms with Crippen LogP contribution in [-0.2, 0) is 4.57 Å². The van der Waals surface area contributed by atoms with Crippen molar-refractivity contribution < 1.29 is 32.5 Å². The van der Waals surface area contributed by atoms with E-state index in [0.29, 0.717) is 18.1 Å². The maximum Gasteiger partial charge on any atom is 0.348 e. The summed E-state index contributed by atoms with van der Waals surface area (Å²) < 4.78 is 49.6. The van der Waals surface area contributed by atoms with Crippen molar-refractivity contribution >= 4 is 24.9 Å². The highest BCUT2D eigenvalue weighted by Crippen LogP contribution is 2.18. The van der Waals surface area contributed by atoms with Crippen LogP contribution in [0, 0.1) is 23.4 Å². The molecule has 1 aliphatic heterocycles. The third-order valence-corrected chi connectivity index (χ3v) is 5.00. The van der Waals surface area contributed by atoms with Crippen molar-refractivity contribution in [3.8, 4) is 0 Å². The van der Waals surface area contributed by atoms with Crippen LogP contribution in [0.5, 0.6) is 0 Å². The molecular weight excluding hydrogens is 408 g/mol. The maximum absolute atomic E-state index is 13.0. The van der Waals surface area contributed by atoms with E-state index in [1.54, 1.807) is 0 Å². The fourth-order valence-corrected chi connectivity index (χ4v) is 3.04. The van der Waals surface area contributed by atoms with Gasteiger partial charge in [-0.1, -0.05) is 17.6 Å². The molecule has 1 fully saturated rings. The summed E-state index contributed by atoms with van der Waals surface area (Å²) in [4.78, 5) is 22.7. The summed E-state index contributed by atoms with van der Waals surface area (Å²) >= 11 is 0. The van der Waals surface area contributed by atoms with E-state index in [2.05, 4.69) is 17.6 Å². The van der Waals surface area contributed by atoms with Crippen LogP contribution in [0.3, 0.4) is 0 Å². The smallest absolute Gasteiger partial charge is 0.348 e. The van der Waals surface area contributed by atoms with Crippen LogP contribution in [0.4, 0.5) is 18.9 Å². The average molecular weight is 428 g/mol. The Hall–Kier alpha value is -2.32. The molecule has 2 aromatic rings. The van der Waals surface area contributed by atoms with Crippen LogP contribution >= 0.6 is 8.03 Å². The van der Waals surface area contributed by atoms with E-state index in [-0.39, 0.29) is 22.7 Å². The van der Waals surface area contributed by atoms with Gasteiger partial charge in [-0.2, -0.15) is 0 Å². The van der Waals surface area contributed by atoms with E-state index in [1.165, 1.54) is 18.2 Å². The molecule has 156 valence electrons. The van der Waals surface area contributed by atoms with E-state index >= 15 is 0 Å². The zero-order chi connectivity index (χ0) is 21.6. The van der Waals surface area contributed by atoms with Gasteiger partial charge in [-0.05, 0) is 31.0 Å². The van der Waals surface area contributed by atoms with E-state index in [4.69, 9.17) is 5.11 Å². The lowest BCUT2D eigenvalue weighted by Gasteiger charge is -2.24. The first-order valence-corrected chi connectivity index (χ1v) is 9.96. The molecule has 0 bridgehead atoms. The lowest BCUT2D eigenvalue weighted by molar-refractivity contribution is -0.160. The summed E-state index contributed by atoms with van der Waals surface area (Å²) in [7, 11) is -2.86. The highest BCUT2D eigenvalue weighted by molar-refractivity contribution is 7.45. The first kappa shape index (κ1) is 23.0. The van der Waals surface area contributed by atoms with Gasteiger partial charge in [-0.3, -0.25) is 4.79 Å². The predicted molar refractivity (Wildman–Crippen MR) is 101 cm³/mol. The molecule has 1 aliphatic rings. The number of piperidine rings is 1. The highest BCUT2D eigenvalue weighted by atomic mass is 31.1. The van der Waals surface area contributed by atoms with Gasteiger partial charge in [0.15, 0.2) is 22.8 Å². The molecule has 0 aliphatic carbocycles. The number of amides is 1. The zero-order valence-electron chi connectivity index (χ0n) is 15.5. The van der Waals surface area contributed by atoms with Gasteiger partial charge < -0.3 is 20.6 Å². The number of carbonyl (C=O) groups is 1. The van der Waals surface area contributed by atoms with Gasteiger partial charge in [0.2, 0.25) is 0 Å². The number of nitrogens with one attached hydrogen (secondary N) is 2. The molecule has 29 heavy (non-hydrogen) atoms. The predicted octanol–water partition coefficient (Wildman–Crippen LogP) is 2.06. The quantitative estimate of drug-likeness (QED) is 0.513. The minimum Gasteiger partial charge on any atom is -0.591 e. The van der Waals surface area contributed by atoms with Gasteiger partial charge >= 0.3 is 8.03 Å². The fraction of sp³-hybridized carbons (Fsp3) is 0.316. The molecule has 0 spiro atoms. The molecule has 6 nitrogen and oxygen atoms in total. The van der Waals surface area contributed by atoms with E-state index in [0.717, 1.165) is 25.6 Å². The number of halogens is 3. The van der Waals surface area contributed by atoms with Crippen molar-refractivity contribution in [2.24, 2.45) is 5.92 Å². The Morgan fingerprint density at radius 1 is 1.24 bits per heavy atom. The largest absolute Gasteiger partial charge is 0.591 e. The molecule has 1 saturated heterocycles.